The smallest absolute Gasteiger partial charge is 0.370 e. The number of rotatable bonds is 16. The van der Waals surface area contributed by atoms with E-state index in [9.17, 15) is 57.5 Å². The van der Waals surface area contributed by atoms with Crippen molar-refractivity contribution in [2.75, 3.05) is 26.4 Å². The molecule has 8 amide bonds. The number of ether oxygens (including phenoxy) is 4. The molecule has 4 heterocycles. The van der Waals surface area contributed by atoms with Crippen molar-refractivity contribution < 1.29 is 95.8 Å². The number of fused-ring (bicyclic) bond motifs is 8. The van der Waals surface area contributed by atoms with E-state index in [0.717, 1.165) is 22.3 Å². The summed E-state index contributed by atoms with van der Waals surface area (Å²) in [6, 6.07) is 15.2. The predicted molar refractivity (Wildman–Crippen MR) is 322 cm³/mol. The number of hydrogen-bond donors (Lipinski definition) is 0. The van der Waals surface area contributed by atoms with Gasteiger partial charge < -0.3 is 38.3 Å². The molecule has 0 radical (unpaired) electrons. The van der Waals surface area contributed by atoms with Crippen LogP contribution in [0, 0.1) is 0 Å². The van der Waals surface area contributed by atoms with E-state index in [-0.39, 0.29) is 100 Å². The lowest BCUT2D eigenvalue weighted by Gasteiger charge is -2.29. The molecule has 4 aliphatic heterocycles. The first-order valence-corrected chi connectivity index (χ1v) is 30.4. The second kappa shape index (κ2) is 26.0. The highest BCUT2D eigenvalue weighted by atomic mass is 16.8. The van der Waals surface area contributed by atoms with Gasteiger partial charge >= 0.3 is 23.9 Å². The molecular weight excluding hydrogens is 1190 g/mol. The van der Waals surface area contributed by atoms with E-state index in [1.54, 1.807) is 0 Å². The summed E-state index contributed by atoms with van der Waals surface area (Å²) in [7, 11) is 0. The molecule has 0 atom stereocenters. The largest absolute Gasteiger partial charge is 0.481 e. The summed E-state index contributed by atoms with van der Waals surface area (Å²) in [5.74, 6) is -9.49. The topological polar surface area (TPSA) is 292 Å². The number of nitrogens with zero attached hydrogens (tertiary/aromatic N) is 4. The summed E-state index contributed by atoms with van der Waals surface area (Å²) in [6.45, 7) is 20.6. The highest BCUT2D eigenvalue weighted by Crippen LogP contribution is 2.45. The third-order valence-corrected chi connectivity index (χ3v) is 16.1. The SMILES string of the molecule is CC(C)(C)c1cc2c(OCC(=O)ON3C(=O)CCC3=O)c(c1)Cc1cc(C(C)(C)C)cc(c1OCC(=O)ON1C(=O)CCC1=O)Cc1cc(C(C)(C)C)cc(c1OCC(=O)ON1C(=O)CCC1=O)Cc1cc(C(C)(C)C)cc(c1OCC(=O)ON1C(=O)CCC1=O)C2. The van der Waals surface area contributed by atoms with E-state index < -0.39 is 119 Å². The Labute approximate surface area is 531 Å². The average molecular weight is 1270 g/mol. The maximum Gasteiger partial charge on any atom is 0.370 e. The molecule has 0 spiro atoms. The zero-order valence-electron chi connectivity index (χ0n) is 53.9. The monoisotopic (exact) mass is 1270 g/mol. The van der Waals surface area contributed by atoms with E-state index in [4.69, 9.17) is 38.3 Å². The number of carbonyl (C=O) groups is 12. The second-order valence-corrected chi connectivity index (χ2v) is 27.5. The summed E-state index contributed by atoms with van der Waals surface area (Å²) in [5.41, 5.74) is 4.26. The molecule has 24 heteroatoms. The van der Waals surface area contributed by atoms with E-state index in [0.29, 0.717) is 64.8 Å². The van der Waals surface area contributed by atoms with Crippen LogP contribution >= 0.6 is 0 Å². The summed E-state index contributed by atoms with van der Waals surface area (Å²) in [5, 5.41) is 1.64. The van der Waals surface area contributed by atoms with E-state index in [1.165, 1.54) is 0 Å². The van der Waals surface area contributed by atoms with E-state index >= 15 is 0 Å². The van der Waals surface area contributed by atoms with Crippen molar-refractivity contribution in [3.05, 3.63) is 115 Å². The predicted octanol–water partition coefficient (Wildman–Crippen LogP) is 7.50. The van der Waals surface area contributed by atoms with Gasteiger partial charge in [0.1, 0.15) is 23.0 Å². The standard InChI is InChI=1S/C68H76N4O20/c1-65(2,3)45-25-37-21-39-27-46(66(4,5)6)29-41(62(39)86-34-58(82)90-70-51(75)15-16-52(70)76)23-43-31-48(68(10,11)12)32-44(64(43)88-36-60(84)92-72-55(79)19-20-56(72)80)24-42-30-47(67(7,8)9)28-40(63(42)87-35-59(83)91-71-53(77)17-18-54(71)78)22-38(26-45)61(37)85-33-57(81)89-69-49(73)13-14-50(69)74/h25-32H,13-24,33-36H2,1-12H3. The Balaban J connectivity index is 1.32. The van der Waals surface area contributed by atoms with Crippen LogP contribution in [-0.2, 0) is 124 Å². The Kier molecular flexibility index (Phi) is 18.9. The first-order chi connectivity index (χ1) is 43.0. The van der Waals surface area contributed by atoms with Gasteiger partial charge in [0, 0.05) is 77.0 Å². The van der Waals surface area contributed by atoms with Crippen LogP contribution in [0.2, 0.25) is 0 Å². The van der Waals surface area contributed by atoms with Crippen molar-refractivity contribution in [2.45, 2.75) is 182 Å². The Hall–Kier alpha value is -9.48. The van der Waals surface area contributed by atoms with Gasteiger partial charge in [-0.2, -0.15) is 0 Å². The number of hydroxylamine groups is 8. The van der Waals surface area contributed by atoms with Crippen molar-refractivity contribution in [1.29, 1.82) is 0 Å². The van der Waals surface area contributed by atoms with Gasteiger partial charge in [-0.05, 0) is 88.4 Å². The molecule has 5 aliphatic rings. The maximum absolute atomic E-state index is 13.9. The van der Waals surface area contributed by atoms with Crippen molar-refractivity contribution >= 4 is 71.1 Å². The van der Waals surface area contributed by atoms with Gasteiger partial charge in [-0.25, -0.2) is 19.2 Å². The molecule has 0 unspecified atom stereocenters. The van der Waals surface area contributed by atoms with Crippen molar-refractivity contribution in [2.24, 2.45) is 0 Å². The zero-order chi connectivity index (χ0) is 67.1. The lowest BCUT2D eigenvalue weighted by atomic mass is 9.79. The van der Waals surface area contributed by atoms with Crippen LogP contribution in [0.4, 0.5) is 0 Å². The fraction of sp³-hybridized carbons (Fsp3) is 0.471. The fourth-order valence-electron chi connectivity index (χ4n) is 11.0. The third-order valence-electron chi connectivity index (χ3n) is 16.1. The molecule has 4 saturated heterocycles. The van der Waals surface area contributed by atoms with Gasteiger partial charge in [-0.15, -0.1) is 20.3 Å². The molecule has 24 nitrogen and oxygen atoms in total. The lowest BCUT2D eigenvalue weighted by molar-refractivity contribution is -0.198. The summed E-state index contributed by atoms with van der Waals surface area (Å²) in [6.07, 6.45) is -1.62. The molecule has 1 aliphatic carbocycles. The molecule has 0 aromatic heterocycles. The van der Waals surface area contributed by atoms with Crippen LogP contribution in [0.25, 0.3) is 0 Å². The maximum atomic E-state index is 13.9. The van der Waals surface area contributed by atoms with Crippen molar-refractivity contribution in [3.8, 4) is 23.0 Å². The van der Waals surface area contributed by atoms with Gasteiger partial charge in [-0.3, -0.25) is 38.4 Å². The van der Waals surface area contributed by atoms with Gasteiger partial charge in [0.2, 0.25) is 0 Å². The summed E-state index contributed by atoms with van der Waals surface area (Å²) < 4.78 is 26.5. The van der Waals surface area contributed by atoms with Gasteiger partial charge in [0.25, 0.3) is 47.3 Å². The minimum Gasteiger partial charge on any atom is -0.481 e. The van der Waals surface area contributed by atoms with Crippen LogP contribution in [0.1, 0.15) is 201 Å². The Morgan fingerprint density at radius 1 is 0.283 bits per heavy atom. The second-order valence-electron chi connectivity index (χ2n) is 27.5. The molecule has 9 rings (SSSR count). The molecule has 4 fully saturated rings. The van der Waals surface area contributed by atoms with E-state index in [1.807, 2.05) is 132 Å². The van der Waals surface area contributed by atoms with Crippen molar-refractivity contribution in [3.63, 3.8) is 0 Å². The third kappa shape index (κ3) is 15.3. The van der Waals surface area contributed by atoms with Crippen LogP contribution in [-0.4, -0.2) is 118 Å². The van der Waals surface area contributed by atoms with Crippen LogP contribution in [0.5, 0.6) is 23.0 Å². The number of imide groups is 4. The quantitative estimate of drug-likeness (QED) is 0.0864. The molecule has 92 heavy (non-hydrogen) atoms. The Bertz CT molecular complexity index is 3140. The number of benzene rings is 4. The van der Waals surface area contributed by atoms with Crippen LogP contribution in [0.15, 0.2) is 48.5 Å². The molecular formula is C68H76N4O20. The van der Waals surface area contributed by atoms with Gasteiger partial charge in [-0.1, -0.05) is 132 Å². The molecule has 0 N–H and O–H groups in total. The number of carbonyl (C=O) groups excluding carboxylic acids is 12. The molecule has 4 aromatic carbocycles. The first-order valence-electron chi connectivity index (χ1n) is 30.4. The Morgan fingerprint density at radius 2 is 0.424 bits per heavy atom. The Morgan fingerprint density at radius 3 is 0.554 bits per heavy atom. The van der Waals surface area contributed by atoms with Crippen molar-refractivity contribution in [1.82, 2.24) is 20.3 Å². The van der Waals surface area contributed by atoms with Crippen LogP contribution in [0.3, 0.4) is 0 Å². The van der Waals surface area contributed by atoms with Gasteiger partial charge in [0.15, 0.2) is 26.4 Å². The fourth-order valence-corrected chi connectivity index (χ4v) is 11.0. The van der Waals surface area contributed by atoms with Crippen LogP contribution < -0.4 is 18.9 Å². The number of hydrogen-bond acceptors (Lipinski definition) is 20. The lowest BCUT2D eigenvalue weighted by Crippen LogP contribution is -2.34. The average Bonchev–Trinajstić information content (AvgIpc) is 1.37. The molecule has 4 aromatic rings. The normalized spacial score (nSPS) is 16.4. The summed E-state index contributed by atoms with van der Waals surface area (Å²) in [4.78, 5) is 179. The highest BCUT2D eigenvalue weighted by Gasteiger charge is 2.38. The molecule has 8 bridgehead atoms. The molecule has 0 saturated carbocycles. The summed E-state index contributed by atoms with van der Waals surface area (Å²) >= 11 is 0. The minimum absolute atomic E-state index is 0.0817. The first kappa shape index (κ1) is 66.9. The zero-order valence-corrected chi connectivity index (χ0v) is 53.9. The molecule has 488 valence electrons. The highest BCUT2D eigenvalue weighted by molar-refractivity contribution is 6.03. The van der Waals surface area contributed by atoms with E-state index in [2.05, 4.69) is 0 Å². The van der Waals surface area contributed by atoms with Gasteiger partial charge in [0.05, 0.1) is 0 Å². The number of amides is 8. The minimum atomic E-state index is -1.09.